The molecule has 0 aromatic heterocycles. The quantitative estimate of drug-likeness (QED) is 0.877. The van der Waals surface area contributed by atoms with Gasteiger partial charge in [0.2, 0.25) is 11.8 Å². The molecule has 2 amide bonds. The molecule has 1 aromatic rings. The molecule has 144 valence electrons. The molecule has 1 heterocycles. The SMILES string of the molecule is COc1cccc(C2CN(C(=O)CC(C)(C)C)CC2C(=O)NC(C)C)c1. The molecule has 0 bridgehead atoms. The molecule has 1 aliphatic heterocycles. The number of amides is 2. The van der Waals surface area contributed by atoms with Gasteiger partial charge in [0.25, 0.3) is 0 Å². The highest BCUT2D eigenvalue weighted by molar-refractivity contribution is 5.83. The Morgan fingerprint density at radius 3 is 2.54 bits per heavy atom. The van der Waals surface area contributed by atoms with Crippen LogP contribution in [0.3, 0.4) is 0 Å². The van der Waals surface area contributed by atoms with Crippen LogP contribution >= 0.6 is 0 Å². The Kier molecular flexibility index (Phi) is 6.32. The van der Waals surface area contributed by atoms with Crippen LogP contribution in [0.5, 0.6) is 5.75 Å². The first kappa shape index (κ1) is 20.3. The first-order chi connectivity index (χ1) is 12.1. The summed E-state index contributed by atoms with van der Waals surface area (Å²) in [5, 5.41) is 3.01. The third-order valence-electron chi connectivity index (χ3n) is 4.64. The van der Waals surface area contributed by atoms with E-state index < -0.39 is 0 Å². The minimum atomic E-state index is -0.242. The van der Waals surface area contributed by atoms with Gasteiger partial charge in [-0.1, -0.05) is 32.9 Å². The van der Waals surface area contributed by atoms with E-state index in [4.69, 9.17) is 4.74 Å². The standard InChI is InChI=1S/C21H32N2O3/c1-14(2)22-20(25)18-13-23(19(24)11-21(3,4)5)12-17(18)15-8-7-9-16(10-15)26-6/h7-10,14,17-18H,11-13H2,1-6H3,(H,22,25). The number of methoxy groups -OCH3 is 1. The first-order valence-corrected chi connectivity index (χ1v) is 9.33. The van der Waals surface area contributed by atoms with Gasteiger partial charge in [-0.05, 0) is 37.0 Å². The van der Waals surface area contributed by atoms with Crippen LogP contribution in [0, 0.1) is 11.3 Å². The van der Waals surface area contributed by atoms with E-state index in [0.717, 1.165) is 11.3 Å². The van der Waals surface area contributed by atoms with Gasteiger partial charge < -0.3 is 15.0 Å². The third kappa shape index (κ3) is 5.23. The summed E-state index contributed by atoms with van der Waals surface area (Å²) >= 11 is 0. The van der Waals surface area contributed by atoms with Gasteiger partial charge in [0.15, 0.2) is 0 Å². The summed E-state index contributed by atoms with van der Waals surface area (Å²) in [6, 6.07) is 7.89. The van der Waals surface area contributed by atoms with Gasteiger partial charge >= 0.3 is 0 Å². The Morgan fingerprint density at radius 2 is 1.96 bits per heavy atom. The highest BCUT2D eigenvalue weighted by Gasteiger charge is 2.41. The first-order valence-electron chi connectivity index (χ1n) is 9.33. The summed E-state index contributed by atoms with van der Waals surface area (Å²) in [6.07, 6.45) is 0.482. The summed E-state index contributed by atoms with van der Waals surface area (Å²) in [5.74, 6) is 0.635. The van der Waals surface area contributed by atoms with Crippen LogP contribution in [0.2, 0.25) is 0 Å². The lowest BCUT2D eigenvalue weighted by atomic mass is 9.88. The van der Waals surface area contributed by atoms with E-state index >= 15 is 0 Å². The van der Waals surface area contributed by atoms with Crippen molar-refractivity contribution in [3.8, 4) is 5.75 Å². The van der Waals surface area contributed by atoms with E-state index in [9.17, 15) is 9.59 Å². The molecule has 2 rings (SSSR count). The zero-order valence-corrected chi connectivity index (χ0v) is 16.8. The van der Waals surface area contributed by atoms with Crippen LogP contribution < -0.4 is 10.1 Å². The molecule has 0 radical (unpaired) electrons. The minimum absolute atomic E-state index is 0.0129. The van der Waals surface area contributed by atoms with Gasteiger partial charge in [0, 0.05) is 31.5 Å². The van der Waals surface area contributed by atoms with Crippen molar-refractivity contribution in [1.29, 1.82) is 0 Å². The van der Waals surface area contributed by atoms with Crippen molar-refractivity contribution < 1.29 is 14.3 Å². The molecule has 2 atom stereocenters. The molecule has 5 heteroatoms. The summed E-state index contributed by atoms with van der Waals surface area (Å²) in [6.45, 7) is 11.1. The Hall–Kier alpha value is -2.04. The van der Waals surface area contributed by atoms with Gasteiger partial charge in [-0.15, -0.1) is 0 Å². The smallest absolute Gasteiger partial charge is 0.225 e. The maximum Gasteiger partial charge on any atom is 0.225 e. The molecule has 1 fully saturated rings. The van der Waals surface area contributed by atoms with Crippen molar-refractivity contribution in [2.24, 2.45) is 11.3 Å². The van der Waals surface area contributed by atoms with Crippen LogP contribution in [-0.4, -0.2) is 43.0 Å². The van der Waals surface area contributed by atoms with E-state index in [2.05, 4.69) is 26.1 Å². The van der Waals surface area contributed by atoms with Crippen molar-refractivity contribution in [1.82, 2.24) is 10.2 Å². The van der Waals surface area contributed by atoms with Crippen molar-refractivity contribution in [2.75, 3.05) is 20.2 Å². The Labute approximate surface area is 157 Å². The average Bonchev–Trinajstić information content (AvgIpc) is 2.98. The Morgan fingerprint density at radius 1 is 1.27 bits per heavy atom. The molecule has 0 spiro atoms. The number of ether oxygens (including phenoxy) is 1. The lowest BCUT2D eigenvalue weighted by molar-refractivity contribution is -0.132. The molecule has 1 aromatic carbocycles. The summed E-state index contributed by atoms with van der Waals surface area (Å²) in [4.78, 5) is 27.3. The van der Waals surface area contributed by atoms with Crippen molar-refractivity contribution in [3.63, 3.8) is 0 Å². The van der Waals surface area contributed by atoms with Gasteiger partial charge in [-0.25, -0.2) is 0 Å². The third-order valence-corrected chi connectivity index (χ3v) is 4.64. The van der Waals surface area contributed by atoms with Gasteiger partial charge in [-0.3, -0.25) is 9.59 Å². The molecule has 0 aliphatic carbocycles. The van der Waals surface area contributed by atoms with Gasteiger partial charge in [-0.2, -0.15) is 0 Å². The second kappa shape index (κ2) is 8.11. The van der Waals surface area contributed by atoms with Crippen LogP contribution in [0.1, 0.15) is 52.5 Å². The Bertz CT molecular complexity index is 649. The predicted octanol–water partition coefficient (Wildman–Crippen LogP) is 3.20. The van der Waals surface area contributed by atoms with Crippen LogP contribution in [-0.2, 0) is 9.59 Å². The molecular formula is C21H32N2O3. The van der Waals surface area contributed by atoms with E-state index in [1.807, 2.05) is 43.0 Å². The Balaban J connectivity index is 2.26. The number of nitrogens with zero attached hydrogens (tertiary/aromatic N) is 1. The van der Waals surface area contributed by atoms with E-state index in [1.165, 1.54) is 0 Å². The lowest BCUT2D eigenvalue weighted by Gasteiger charge is -2.23. The fourth-order valence-electron chi connectivity index (χ4n) is 3.44. The second-order valence-corrected chi connectivity index (χ2v) is 8.69. The normalized spacial score (nSPS) is 20.3. The maximum absolute atomic E-state index is 12.8. The molecule has 26 heavy (non-hydrogen) atoms. The molecular weight excluding hydrogens is 328 g/mol. The number of nitrogens with one attached hydrogen (secondary N) is 1. The van der Waals surface area contributed by atoms with Crippen LogP contribution in [0.15, 0.2) is 24.3 Å². The van der Waals surface area contributed by atoms with Gasteiger partial charge in [0.1, 0.15) is 5.75 Å². The van der Waals surface area contributed by atoms with Gasteiger partial charge in [0.05, 0.1) is 13.0 Å². The zero-order chi connectivity index (χ0) is 19.5. The van der Waals surface area contributed by atoms with Crippen molar-refractivity contribution in [3.05, 3.63) is 29.8 Å². The molecule has 1 N–H and O–H groups in total. The number of carbonyl (C=O) groups excluding carboxylic acids is 2. The number of carbonyl (C=O) groups is 2. The minimum Gasteiger partial charge on any atom is -0.497 e. The zero-order valence-electron chi connectivity index (χ0n) is 16.8. The number of likely N-dealkylation sites (tertiary alicyclic amines) is 1. The summed E-state index contributed by atoms with van der Waals surface area (Å²) in [7, 11) is 1.63. The maximum atomic E-state index is 12.8. The van der Waals surface area contributed by atoms with Crippen LogP contribution in [0.4, 0.5) is 0 Å². The highest BCUT2D eigenvalue weighted by Crippen LogP contribution is 2.35. The van der Waals surface area contributed by atoms with Crippen LogP contribution in [0.25, 0.3) is 0 Å². The number of hydrogen-bond donors (Lipinski definition) is 1. The van der Waals surface area contributed by atoms with Crippen molar-refractivity contribution >= 4 is 11.8 Å². The fourth-order valence-corrected chi connectivity index (χ4v) is 3.44. The monoisotopic (exact) mass is 360 g/mol. The molecule has 5 nitrogen and oxygen atoms in total. The summed E-state index contributed by atoms with van der Waals surface area (Å²) in [5.41, 5.74) is 0.972. The molecule has 1 aliphatic rings. The fraction of sp³-hybridized carbons (Fsp3) is 0.619. The number of benzene rings is 1. The van der Waals surface area contributed by atoms with Crippen molar-refractivity contribution in [2.45, 2.75) is 53.0 Å². The summed E-state index contributed by atoms with van der Waals surface area (Å²) < 4.78 is 5.33. The predicted molar refractivity (Wildman–Crippen MR) is 103 cm³/mol. The highest BCUT2D eigenvalue weighted by atomic mass is 16.5. The van der Waals surface area contributed by atoms with E-state index in [-0.39, 0.29) is 35.1 Å². The molecule has 2 unspecified atom stereocenters. The average molecular weight is 360 g/mol. The number of rotatable bonds is 5. The second-order valence-electron chi connectivity index (χ2n) is 8.69. The van der Waals surface area contributed by atoms with E-state index in [1.54, 1.807) is 7.11 Å². The lowest BCUT2D eigenvalue weighted by Crippen LogP contribution is -2.39. The molecule has 0 saturated carbocycles. The largest absolute Gasteiger partial charge is 0.497 e. The molecule has 1 saturated heterocycles. The topological polar surface area (TPSA) is 58.6 Å². The van der Waals surface area contributed by atoms with E-state index in [0.29, 0.717) is 19.5 Å². The number of hydrogen-bond acceptors (Lipinski definition) is 3.